The van der Waals surface area contributed by atoms with Crippen molar-refractivity contribution >= 4 is 5.97 Å². The maximum atomic E-state index is 13.4. The van der Waals surface area contributed by atoms with Gasteiger partial charge in [0.15, 0.2) is 0 Å². The first-order chi connectivity index (χ1) is 14.4. The number of hydrogen-bond donors (Lipinski definition) is 0. The van der Waals surface area contributed by atoms with Crippen LogP contribution in [0, 0.1) is 0 Å². The molecule has 0 unspecified atom stereocenters. The summed E-state index contributed by atoms with van der Waals surface area (Å²) in [5.74, 6) is -61.9. The second-order valence-electron chi connectivity index (χ2n) is 6.08. The Morgan fingerprint density at radius 3 is 1.15 bits per heavy atom. The summed E-state index contributed by atoms with van der Waals surface area (Å²) < 4.78 is 250. The number of hydrogen-bond acceptors (Lipinski definition) is 2. The molecule has 0 fully saturated rings. The highest BCUT2D eigenvalue weighted by molar-refractivity contribution is 5.81. The summed E-state index contributed by atoms with van der Waals surface area (Å²) in [6.45, 7) is 2.24. The molecule has 0 heterocycles. The van der Waals surface area contributed by atoms with Crippen molar-refractivity contribution in [1.29, 1.82) is 0 Å². The van der Waals surface area contributed by atoms with Gasteiger partial charge in [-0.2, -0.15) is 83.4 Å². The zero-order valence-electron chi connectivity index (χ0n) is 15.0. The number of carbonyl (C=O) groups is 1. The molecule has 202 valence electrons. The molecule has 0 saturated heterocycles. The molecular formula is C13H5F19O2. The first-order valence-corrected chi connectivity index (χ1v) is 7.36. The minimum atomic E-state index is -8.88. The third-order valence-electron chi connectivity index (χ3n) is 3.61. The zero-order chi connectivity index (χ0) is 28.2. The number of alkyl halides is 19. The second-order valence-corrected chi connectivity index (χ2v) is 6.08. The Morgan fingerprint density at radius 2 is 0.853 bits per heavy atom. The fourth-order valence-corrected chi connectivity index (χ4v) is 1.80. The maximum absolute atomic E-state index is 13.4. The van der Waals surface area contributed by atoms with Crippen LogP contribution in [0.15, 0.2) is 12.7 Å². The Labute approximate surface area is 173 Å². The van der Waals surface area contributed by atoms with Crippen molar-refractivity contribution in [2.24, 2.45) is 0 Å². The quantitative estimate of drug-likeness (QED) is 0.171. The lowest BCUT2D eigenvalue weighted by Crippen LogP contribution is -2.75. The van der Waals surface area contributed by atoms with E-state index in [-0.39, 0.29) is 0 Å². The van der Waals surface area contributed by atoms with Crippen LogP contribution in [0.25, 0.3) is 0 Å². The molecule has 0 aliphatic rings. The molecule has 21 heteroatoms. The van der Waals surface area contributed by atoms with E-state index in [4.69, 9.17) is 0 Å². The first kappa shape index (κ1) is 31.9. The molecule has 0 amide bonds. The van der Waals surface area contributed by atoms with E-state index >= 15 is 0 Å². The standard InChI is InChI=1S/C13H5F19O2/c1-2-4(33)34-13(31,32)12(29,30)11(27,28)10(25,26)9(23,24)8(21,22)7(19,20)5(14,15)3-6(16,17)18/h2H,1,3H2. The minimum absolute atomic E-state index is 0.522. The molecule has 0 atom stereocenters. The summed E-state index contributed by atoms with van der Waals surface area (Å²) in [5.41, 5.74) is 0. The van der Waals surface area contributed by atoms with Crippen LogP contribution in [-0.2, 0) is 9.53 Å². The Kier molecular flexibility index (Phi) is 7.72. The van der Waals surface area contributed by atoms with Gasteiger partial charge in [-0.1, -0.05) is 6.58 Å². The zero-order valence-corrected chi connectivity index (χ0v) is 15.0. The topological polar surface area (TPSA) is 26.3 Å². The summed E-state index contributed by atoms with van der Waals surface area (Å²) in [6.07, 6.45) is -18.9. The fourth-order valence-electron chi connectivity index (χ4n) is 1.80. The van der Waals surface area contributed by atoms with Gasteiger partial charge in [-0.3, -0.25) is 0 Å². The van der Waals surface area contributed by atoms with Gasteiger partial charge in [0.05, 0.1) is 0 Å². The fraction of sp³-hybridized carbons (Fsp3) is 0.769. The maximum Gasteiger partial charge on any atom is 0.473 e. The molecule has 0 rings (SSSR count). The van der Waals surface area contributed by atoms with E-state index in [0.717, 1.165) is 0 Å². The number of halogens is 19. The summed E-state index contributed by atoms with van der Waals surface area (Å²) >= 11 is 0. The van der Waals surface area contributed by atoms with Crippen LogP contribution in [0.4, 0.5) is 83.4 Å². The molecule has 0 spiro atoms. The van der Waals surface area contributed by atoms with E-state index in [2.05, 4.69) is 11.3 Å². The highest BCUT2D eigenvalue weighted by Crippen LogP contribution is 2.64. The van der Waals surface area contributed by atoms with Gasteiger partial charge in [0.1, 0.15) is 6.42 Å². The lowest BCUT2D eigenvalue weighted by molar-refractivity contribution is -0.469. The summed E-state index contributed by atoms with van der Waals surface area (Å²) in [5, 5.41) is 0. The molecule has 0 radical (unpaired) electrons. The highest BCUT2D eigenvalue weighted by Gasteiger charge is 2.95. The van der Waals surface area contributed by atoms with Gasteiger partial charge in [0.2, 0.25) is 0 Å². The van der Waals surface area contributed by atoms with Crippen LogP contribution in [-0.4, -0.2) is 59.7 Å². The highest BCUT2D eigenvalue weighted by atomic mass is 19.4. The van der Waals surface area contributed by atoms with Crippen LogP contribution in [0.5, 0.6) is 0 Å². The average molecular weight is 554 g/mol. The lowest BCUT2D eigenvalue weighted by Gasteiger charge is -2.43. The van der Waals surface area contributed by atoms with Crippen LogP contribution in [0.1, 0.15) is 6.42 Å². The molecular weight excluding hydrogens is 549 g/mol. The molecule has 0 aliphatic carbocycles. The van der Waals surface area contributed by atoms with Crippen molar-refractivity contribution in [2.75, 3.05) is 0 Å². The van der Waals surface area contributed by atoms with Crippen LogP contribution < -0.4 is 0 Å². The van der Waals surface area contributed by atoms with Crippen molar-refractivity contribution in [1.82, 2.24) is 0 Å². The largest absolute Gasteiger partial charge is 0.473 e. The van der Waals surface area contributed by atoms with Crippen LogP contribution in [0.3, 0.4) is 0 Å². The first-order valence-electron chi connectivity index (χ1n) is 7.36. The van der Waals surface area contributed by atoms with Gasteiger partial charge in [0, 0.05) is 6.08 Å². The second kappa shape index (κ2) is 8.23. The predicted molar refractivity (Wildman–Crippen MR) is 66.5 cm³/mol. The number of ether oxygens (including phenoxy) is 1. The van der Waals surface area contributed by atoms with Gasteiger partial charge in [-0.15, -0.1) is 0 Å². The summed E-state index contributed by atoms with van der Waals surface area (Å²) in [4.78, 5) is 10.4. The Hall–Kier alpha value is -2.12. The third-order valence-corrected chi connectivity index (χ3v) is 3.61. The van der Waals surface area contributed by atoms with Crippen LogP contribution >= 0.6 is 0 Å². The number of carbonyl (C=O) groups excluding carboxylic acids is 1. The van der Waals surface area contributed by atoms with Crippen molar-refractivity contribution in [3.63, 3.8) is 0 Å². The molecule has 0 bridgehead atoms. The van der Waals surface area contributed by atoms with Gasteiger partial charge in [-0.25, -0.2) is 4.79 Å². The van der Waals surface area contributed by atoms with Crippen molar-refractivity contribution < 1.29 is 92.9 Å². The molecule has 2 nitrogen and oxygen atoms in total. The molecule has 0 aliphatic heterocycles. The van der Waals surface area contributed by atoms with E-state index in [1.165, 1.54) is 0 Å². The monoisotopic (exact) mass is 554 g/mol. The van der Waals surface area contributed by atoms with E-state index in [1.54, 1.807) is 0 Å². The van der Waals surface area contributed by atoms with Gasteiger partial charge < -0.3 is 4.74 Å². The van der Waals surface area contributed by atoms with E-state index in [1.807, 2.05) is 0 Å². The van der Waals surface area contributed by atoms with Gasteiger partial charge in [0.25, 0.3) is 0 Å². The summed E-state index contributed by atoms with van der Waals surface area (Å²) in [7, 11) is 0. The molecule has 0 N–H and O–H groups in total. The molecule has 34 heavy (non-hydrogen) atoms. The Bertz CT molecular complexity index is 778. The summed E-state index contributed by atoms with van der Waals surface area (Å²) in [6, 6.07) is 0. The van der Waals surface area contributed by atoms with E-state index < -0.39 is 72.2 Å². The average Bonchev–Trinajstić information content (AvgIpc) is 2.57. The number of rotatable bonds is 10. The Balaban J connectivity index is 6.80. The van der Waals surface area contributed by atoms with Crippen molar-refractivity contribution in [3.05, 3.63) is 12.7 Å². The van der Waals surface area contributed by atoms with Crippen molar-refractivity contribution in [3.8, 4) is 0 Å². The molecule has 0 aromatic rings. The number of esters is 1. The third kappa shape index (κ3) is 4.57. The lowest BCUT2D eigenvalue weighted by atomic mass is 9.88. The minimum Gasteiger partial charge on any atom is -0.393 e. The molecule has 0 aromatic carbocycles. The van der Waals surface area contributed by atoms with Crippen LogP contribution in [0.2, 0.25) is 0 Å². The van der Waals surface area contributed by atoms with Crippen molar-refractivity contribution in [2.45, 2.75) is 60.2 Å². The van der Waals surface area contributed by atoms with Gasteiger partial charge in [-0.05, 0) is 0 Å². The Morgan fingerprint density at radius 1 is 0.559 bits per heavy atom. The van der Waals surface area contributed by atoms with Gasteiger partial charge >= 0.3 is 59.7 Å². The molecule has 0 saturated carbocycles. The van der Waals surface area contributed by atoms with E-state index in [0.29, 0.717) is 0 Å². The normalized spacial score (nSPS) is 15.9. The SMILES string of the molecule is C=CC(=O)OC(F)(F)C(F)(F)C(F)(F)C(F)(F)C(F)(F)C(F)(F)C(F)(F)C(F)(F)CC(F)(F)F. The van der Waals surface area contributed by atoms with E-state index in [9.17, 15) is 88.2 Å². The predicted octanol–water partition coefficient (Wildman–Crippen LogP) is 6.71. The smallest absolute Gasteiger partial charge is 0.393 e. The molecule has 0 aromatic heterocycles.